The van der Waals surface area contributed by atoms with Gasteiger partial charge in [-0.3, -0.25) is 32.7 Å². The predicted octanol–water partition coefficient (Wildman–Crippen LogP) is 7.62. The number of likely N-dealkylation sites (tertiary alicyclic amines) is 1. The number of furan rings is 2. The molecule has 2 aliphatic heterocycles. The number of nitrogens with zero attached hydrogens (tertiary/aromatic N) is 3. The summed E-state index contributed by atoms with van der Waals surface area (Å²) in [4.78, 5) is 74.0. The Bertz CT molecular complexity index is 3680. The number of methoxy groups -OCH3 is 2. The van der Waals surface area contributed by atoms with E-state index in [2.05, 4.69) is 16.0 Å². The topological polar surface area (TPSA) is 270 Å². The molecule has 4 heterocycles. The third-order valence-corrected chi connectivity index (χ3v) is 15.9. The number of nitrogens with one attached hydrogen (secondary N) is 3. The van der Waals surface area contributed by atoms with E-state index in [1.807, 2.05) is 0 Å². The number of alkyl halides is 3. The molecule has 2 saturated heterocycles. The van der Waals surface area contributed by atoms with Crippen molar-refractivity contribution in [3.05, 3.63) is 107 Å². The van der Waals surface area contributed by atoms with Crippen molar-refractivity contribution in [3.63, 3.8) is 0 Å². The van der Waals surface area contributed by atoms with Crippen LogP contribution in [0.1, 0.15) is 77.3 Å². The number of halogens is 5. The summed E-state index contributed by atoms with van der Waals surface area (Å²) in [7, 11) is 0.881. The maximum Gasteiger partial charge on any atom is 0.446 e. The van der Waals surface area contributed by atoms with Crippen LogP contribution >= 0.6 is 0 Å². The summed E-state index contributed by atoms with van der Waals surface area (Å²) in [6.07, 6.45) is -3.78. The second kappa shape index (κ2) is 25.2. The maximum atomic E-state index is 13.7. The van der Waals surface area contributed by atoms with Crippen LogP contribution < -0.4 is 24.6 Å². The van der Waals surface area contributed by atoms with Crippen LogP contribution in [0.25, 0.3) is 44.6 Å². The molecule has 2 aliphatic rings. The van der Waals surface area contributed by atoms with Crippen LogP contribution in [0.5, 0.6) is 0 Å². The molecular weight excluding hydrogens is 1140 g/mol. The van der Waals surface area contributed by atoms with Gasteiger partial charge in [-0.15, -0.1) is 0 Å². The van der Waals surface area contributed by atoms with E-state index in [-0.39, 0.29) is 52.8 Å². The van der Waals surface area contributed by atoms with E-state index in [1.165, 1.54) is 102 Å². The molecule has 0 saturated carbocycles. The summed E-state index contributed by atoms with van der Waals surface area (Å²) >= 11 is 0. The lowest BCUT2D eigenvalue weighted by Crippen LogP contribution is -2.43. The predicted molar refractivity (Wildman–Crippen MR) is 296 cm³/mol. The normalized spacial score (nSPS) is 17.1. The summed E-state index contributed by atoms with van der Waals surface area (Å²) in [6, 6.07) is 15.9. The van der Waals surface area contributed by atoms with Crippen LogP contribution in [0.2, 0.25) is 0 Å². The van der Waals surface area contributed by atoms with Gasteiger partial charge in [0.2, 0.25) is 26.3 Å². The number of aldehydes is 1. The van der Waals surface area contributed by atoms with Gasteiger partial charge < -0.3 is 39.0 Å². The van der Waals surface area contributed by atoms with Crippen LogP contribution in [0.15, 0.2) is 81.6 Å². The molecule has 0 aliphatic carbocycles. The van der Waals surface area contributed by atoms with Crippen molar-refractivity contribution in [1.82, 2.24) is 20.9 Å². The Hall–Kier alpha value is -8.11. The molecule has 83 heavy (non-hydrogen) atoms. The van der Waals surface area contributed by atoms with Crippen molar-refractivity contribution >= 4 is 89.5 Å². The molecule has 3 N–H and O–H groups in total. The second-order valence-corrected chi connectivity index (χ2v) is 24.3. The third kappa shape index (κ3) is 14.8. The zero-order chi connectivity index (χ0) is 61.8. The largest absolute Gasteiger partial charge is 0.468 e. The second-order valence-electron chi connectivity index (χ2n) is 20.2. The van der Waals surface area contributed by atoms with Gasteiger partial charge in [0.25, 0.3) is 11.8 Å². The quantitative estimate of drug-likeness (QED) is 0.0460. The SMILES string of the molecule is CNC(=O)c1c(-c2ccc(F)cc2)oc2cc(N(C)S(C)(=O)=O)c(C3CN[C@H](C(=O)OC)C3)cc12.CNC(=O)c1c(-c2ccc(F)cc2)oc2cc(N(C)S(C)(=O)=O)c(C3C[C@@H](C(=O)OC)N(C(=O)OC(C)(C)C)C3)cc12.O=CC(F)(F)F. The van der Waals surface area contributed by atoms with Gasteiger partial charge in [-0.1, -0.05) is 0 Å². The molecule has 2 fully saturated rings. The first-order chi connectivity index (χ1) is 38.7. The summed E-state index contributed by atoms with van der Waals surface area (Å²) in [5, 5.41) is 9.17. The molecular formula is C55H61F5N6O15S2. The first-order valence-corrected chi connectivity index (χ1v) is 28.8. The number of carbonyl (C=O) groups is 6. The fourth-order valence-electron chi connectivity index (χ4n) is 9.40. The Morgan fingerprint density at radius 2 is 1.10 bits per heavy atom. The fraction of sp³-hybridized carbons (Fsp3) is 0.382. The van der Waals surface area contributed by atoms with Gasteiger partial charge in [0.05, 0.1) is 49.2 Å². The Morgan fingerprint density at radius 3 is 1.46 bits per heavy atom. The van der Waals surface area contributed by atoms with Crippen molar-refractivity contribution in [2.75, 3.05) is 76.6 Å². The molecule has 4 atom stereocenters. The number of esters is 2. The van der Waals surface area contributed by atoms with Gasteiger partial charge in [0.1, 0.15) is 52.0 Å². The molecule has 448 valence electrons. The number of anilines is 2. The van der Waals surface area contributed by atoms with Crippen LogP contribution in [-0.2, 0) is 48.6 Å². The van der Waals surface area contributed by atoms with Crippen molar-refractivity contribution < 1.29 is 90.6 Å². The van der Waals surface area contributed by atoms with E-state index in [1.54, 1.807) is 39.0 Å². The molecule has 0 spiro atoms. The third-order valence-electron chi connectivity index (χ3n) is 13.5. The Labute approximate surface area is 474 Å². The first-order valence-electron chi connectivity index (χ1n) is 25.1. The van der Waals surface area contributed by atoms with Crippen LogP contribution in [0.3, 0.4) is 0 Å². The number of benzene rings is 4. The molecule has 4 aromatic carbocycles. The standard InChI is InChI=1S/C29H34FN3O8S.C24H26FN3O6S.C2HF3O/c1-29(2,3)41-28(36)33-15-17(12-22(33)27(35)39-6)19-13-20-23(14-21(19)32(5)42(7,37)38)40-25(24(20)26(34)31-4)16-8-10-18(30)11-9-16;1-26-23(29)21-17-10-16(14-9-18(27-12-14)24(30)33-3)19(28(2)35(4,31)32)11-20(17)34-22(21)13-5-7-15(25)8-6-13;3-2(4,5)1-6/h8-11,13-14,17,22H,12,15H2,1-7H3,(H,31,34);5-8,10-11,14,18,27H,9,12H2,1-4H3,(H,26,29);1H/t17?,22-;14?,18-;/m00./s1. The van der Waals surface area contributed by atoms with E-state index in [9.17, 15) is 62.8 Å². The molecule has 2 unspecified atom stereocenters. The van der Waals surface area contributed by atoms with Crippen molar-refractivity contribution in [2.24, 2.45) is 0 Å². The monoisotopic (exact) mass is 1200 g/mol. The minimum atomic E-state index is -4.64. The number of amides is 3. The molecule has 0 radical (unpaired) electrons. The van der Waals surface area contributed by atoms with Gasteiger partial charge >= 0.3 is 24.2 Å². The van der Waals surface area contributed by atoms with E-state index < -0.39 is 97.6 Å². The molecule has 3 amide bonds. The van der Waals surface area contributed by atoms with Crippen molar-refractivity contribution in [1.29, 1.82) is 0 Å². The highest BCUT2D eigenvalue weighted by Gasteiger charge is 2.44. The summed E-state index contributed by atoms with van der Waals surface area (Å²) in [5.41, 5.74) is 2.76. The molecule has 8 rings (SSSR count). The Kier molecular flexibility index (Phi) is 19.4. The van der Waals surface area contributed by atoms with Crippen molar-refractivity contribution in [3.8, 4) is 22.6 Å². The maximum absolute atomic E-state index is 13.7. The van der Waals surface area contributed by atoms with Gasteiger partial charge in [0.15, 0.2) is 0 Å². The van der Waals surface area contributed by atoms with E-state index in [0.29, 0.717) is 57.3 Å². The first kappa shape index (κ1) is 64.1. The van der Waals surface area contributed by atoms with Crippen molar-refractivity contribution in [2.45, 2.75) is 69.3 Å². The highest BCUT2D eigenvalue weighted by Crippen LogP contribution is 2.45. The molecule has 0 bridgehead atoms. The van der Waals surface area contributed by atoms with E-state index >= 15 is 0 Å². The zero-order valence-corrected chi connectivity index (χ0v) is 48.4. The summed E-state index contributed by atoms with van der Waals surface area (Å²) in [6.45, 7) is 5.54. The lowest BCUT2D eigenvalue weighted by Gasteiger charge is -2.27. The number of carbonyl (C=O) groups excluding carboxylic acids is 6. The number of sulfonamides is 2. The molecule has 21 nitrogen and oxygen atoms in total. The number of hydrogen-bond donors (Lipinski definition) is 3. The number of fused-ring (bicyclic) bond motifs is 2. The average molecular weight is 1210 g/mol. The van der Waals surface area contributed by atoms with Gasteiger partial charge in [-0.2, -0.15) is 13.2 Å². The fourth-order valence-corrected chi connectivity index (χ4v) is 10.4. The highest BCUT2D eigenvalue weighted by atomic mass is 32.2. The highest BCUT2D eigenvalue weighted by molar-refractivity contribution is 7.92. The Morgan fingerprint density at radius 1 is 0.687 bits per heavy atom. The summed E-state index contributed by atoms with van der Waals surface area (Å²) < 4.78 is 138. The number of rotatable bonds is 12. The van der Waals surface area contributed by atoms with Gasteiger partial charge in [0, 0.05) is 87.1 Å². The zero-order valence-electron chi connectivity index (χ0n) is 46.8. The summed E-state index contributed by atoms with van der Waals surface area (Å²) in [5.74, 6) is -3.20. The molecule has 28 heteroatoms. The Balaban J connectivity index is 0.000000246. The average Bonchev–Trinajstić information content (AvgIpc) is 2.35. The smallest absolute Gasteiger partial charge is 0.446 e. The number of ether oxygens (including phenoxy) is 3. The minimum absolute atomic E-state index is 0.0166. The molecule has 2 aromatic heterocycles. The van der Waals surface area contributed by atoms with E-state index in [0.717, 1.165) is 21.1 Å². The van der Waals surface area contributed by atoms with Gasteiger partial charge in [-0.25, -0.2) is 35.2 Å². The van der Waals surface area contributed by atoms with Crippen LogP contribution in [-0.4, -0.2) is 150 Å². The van der Waals surface area contributed by atoms with Crippen LogP contribution in [0, 0.1) is 11.6 Å². The number of hydrogen-bond acceptors (Lipinski definition) is 16. The lowest BCUT2D eigenvalue weighted by molar-refractivity contribution is -0.156. The minimum Gasteiger partial charge on any atom is -0.468 e. The molecule has 6 aromatic rings. The van der Waals surface area contributed by atoms with E-state index in [4.69, 9.17) is 27.8 Å². The van der Waals surface area contributed by atoms with Gasteiger partial charge in [-0.05, 0) is 105 Å². The van der Waals surface area contributed by atoms with Crippen LogP contribution in [0.4, 0.5) is 38.1 Å². The lowest BCUT2D eigenvalue weighted by atomic mass is 9.92.